The fourth-order valence-corrected chi connectivity index (χ4v) is 4.12. The number of rotatable bonds is 7. The molecule has 0 aliphatic carbocycles. The number of ether oxygens (including phenoxy) is 1. The Hall–Kier alpha value is -3.52. The molecule has 0 saturated carbocycles. The highest BCUT2D eigenvalue weighted by Crippen LogP contribution is 2.27. The van der Waals surface area contributed by atoms with Gasteiger partial charge < -0.3 is 9.64 Å². The average Bonchev–Trinajstić information content (AvgIpc) is 3.46. The van der Waals surface area contributed by atoms with Gasteiger partial charge in [-0.1, -0.05) is 36.4 Å². The monoisotopic (exact) mass is 448 g/mol. The van der Waals surface area contributed by atoms with E-state index in [4.69, 9.17) is 9.72 Å². The first-order chi connectivity index (χ1) is 15.4. The van der Waals surface area contributed by atoms with E-state index in [0.717, 1.165) is 10.4 Å². The third-order valence-corrected chi connectivity index (χ3v) is 5.93. The number of hydrogen-bond acceptors (Lipinski definition) is 6. The minimum atomic E-state index is -0.573. The van der Waals surface area contributed by atoms with Gasteiger partial charge in [0.05, 0.1) is 29.4 Å². The maximum Gasteiger partial charge on any atom is 0.339 e. The van der Waals surface area contributed by atoms with Crippen LogP contribution in [0.3, 0.4) is 0 Å². The lowest BCUT2D eigenvalue weighted by atomic mass is 10.1. The normalized spacial score (nSPS) is 11.1. The van der Waals surface area contributed by atoms with Gasteiger partial charge in [0.25, 0.3) is 5.91 Å². The zero-order valence-electron chi connectivity index (χ0n) is 18.2. The lowest BCUT2D eigenvalue weighted by Crippen LogP contribution is -2.30. The number of amides is 1. The largest absolute Gasteiger partial charge is 0.452 e. The number of likely N-dealkylation sites (N-methyl/N-ethyl adjacent to an activating group) is 1. The van der Waals surface area contributed by atoms with Gasteiger partial charge in [0, 0.05) is 23.5 Å². The predicted molar refractivity (Wildman–Crippen MR) is 124 cm³/mol. The Morgan fingerprint density at radius 2 is 1.94 bits per heavy atom. The molecule has 8 heteroatoms. The molecule has 164 valence electrons. The molecule has 3 aromatic heterocycles. The highest BCUT2D eigenvalue weighted by atomic mass is 32.1. The van der Waals surface area contributed by atoms with Crippen molar-refractivity contribution < 1.29 is 14.3 Å². The van der Waals surface area contributed by atoms with E-state index in [9.17, 15) is 9.59 Å². The zero-order valence-corrected chi connectivity index (χ0v) is 19.0. The van der Waals surface area contributed by atoms with Crippen molar-refractivity contribution in [2.24, 2.45) is 0 Å². The Bertz CT molecular complexity index is 1230. The number of hydrogen-bond donors (Lipinski definition) is 0. The maximum absolute atomic E-state index is 13.0. The van der Waals surface area contributed by atoms with E-state index in [-0.39, 0.29) is 18.6 Å². The predicted octanol–water partition coefficient (Wildman–Crippen LogP) is 4.56. The molecule has 4 rings (SSSR count). The van der Waals surface area contributed by atoms with Gasteiger partial charge in [0.15, 0.2) is 12.3 Å². The number of esters is 1. The Labute approximate surface area is 190 Å². The molecule has 0 aliphatic rings. The fraction of sp³-hybridized carbons (Fsp3) is 0.250. The molecule has 7 nitrogen and oxygen atoms in total. The number of thiophene rings is 1. The van der Waals surface area contributed by atoms with Crippen molar-refractivity contribution in [1.29, 1.82) is 0 Å². The van der Waals surface area contributed by atoms with Crippen LogP contribution in [0.2, 0.25) is 0 Å². The summed E-state index contributed by atoms with van der Waals surface area (Å²) in [4.78, 5) is 32.9. The number of nitrogens with zero attached hydrogens (tertiary/aromatic N) is 4. The van der Waals surface area contributed by atoms with Crippen LogP contribution in [0, 0.1) is 0 Å². The maximum atomic E-state index is 13.0. The van der Waals surface area contributed by atoms with Crippen LogP contribution in [0.25, 0.3) is 22.3 Å². The second-order valence-electron chi connectivity index (χ2n) is 7.75. The van der Waals surface area contributed by atoms with Crippen LogP contribution < -0.4 is 0 Å². The lowest BCUT2D eigenvalue weighted by molar-refractivity contribution is -0.133. The molecule has 0 bridgehead atoms. The minimum Gasteiger partial charge on any atom is -0.452 e. The van der Waals surface area contributed by atoms with Gasteiger partial charge in [-0.25, -0.2) is 14.5 Å². The lowest BCUT2D eigenvalue weighted by Gasteiger charge is -2.16. The summed E-state index contributed by atoms with van der Waals surface area (Å²) in [5.41, 5.74) is 2.48. The summed E-state index contributed by atoms with van der Waals surface area (Å²) in [5, 5.41) is 6.97. The van der Waals surface area contributed by atoms with E-state index in [0.29, 0.717) is 28.8 Å². The quantitative estimate of drug-likeness (QED) is 0.388. The number of carbonyl (C=O) groups excluding carboxylic acids is 2. The molecule has 1 amide bonds. The Morgan fingerprint density at radius 3 is 2.62 bits per heavy atom. The van der Waals surface area contributed by atoms with Crippen molar-refractivity contribution in [2.45, 2.75) is 26.4 Å². The zero-order chi connectivity index (χ0) is 22.7. The van der Waals surface area contributed by atoms with Crippen LogP contribution in [0.5, 0.6) is 0 Å². The molecule has 0 N–H and O–H groups in total. The first kappa shape index (κ1) is 21.7. The third-order valence-electron chi connectivity index (χ3n) is 5.07. The molecule has 0 atom stereocenters. The van der Waals surface area contributed by atoms with Gasteiger partial charge >= 0.3 is 5.97 Å². The van der Waals surface area contributed by atoms with Crippen LogP contribution in [0.15, 0.2) is 60.1 Å². The van der Waals surface area contributed by atoms with Crippen molar-refractivity contribution in [2.75, 3.05) is 13.7 Å². The summed E-state index contributed by atoms with van der Waals surface area (Å²) in [6.45, 7) is 4.16. The molecule has 0 fully saturated rings. The van der Waals surface area contributed by atoms with Crippen LogP contribution in [-0.2, 0) is 16.1 Å². The van der Waals surface area contributed by atoms with E-state index in [1.165, 1.54) is 0 Å². The SMILES string of the molecule is CC(C)n1ncc2c(C(=O)OCC(=O)N(C)Cc3cccs3)cc(-c3ccccc3)nc21. The molecule has 0 aliphatic heterocycles. The van der Waals surface area contributed by atoms with Crippen molar-refractivity contribution in [3.8, 4) is 11.3 Å². The summed E-state index contributed by atoms with van der Waals surface area (Å²) in [5.74, 6) is -0.839. The molecule has 0 saturated heterocycles. The van der Waals surface area contributed by atoms with E-state index >= 15 is 0 Å². The van der Waals surface area contributed by atoms with E-state index in [1.54, 1.807) is 40.2 Å². The third kappa shape index (κ3) is 4.55. The van der Waals surface area contributed by atoms with Crippen molar-refractivity contribution >= 4 is 34.2 Å². The topological polar surface area (TPSA) is 77.3 Å². The Balaban J connectivity index is 1.59. The second kappa shape index (κ2) is 9.32. The smallest absolute Gasteiger partial charge is 0.339 e. The average molecular weight is 449 g/mol. The molecule has 3 heterocycles. The van der Waals surface area contributed by atoms with E-state index < -0.39 is 5.97 Å². The van der Waals surface area contributed by atoms with Gasteiger partial charge in [-0.2, -0.15) is 5.10 Å². The van der Waals surface area contributed by atoms with Gasteiger partial charge in [0.2, 0.25) is 0 Å². The molecule has 0 spiro atoms. The molecule has 0 unspecified atom stereocenters. The van der Waals surface area contributed by atoms with Crippen molar-refractivity contribution in [3.63, 3.8) is 0 Å². The summed E-state index contributed by atoms with van der Waals surface area (Å²) >= 11 is 1.58. The second-order valence-corrected chi connectivity index (χ2v) is 8.78. The van der Waals surface area contributed by atoms with Gasteiger partial charge in [-0.05, 0) is 31.4 Å². The van der Waals surface area contributed by atoms with E-state index in [2.05, 4.69) is 5.10 Å². The standard InChI is InChI=1S/C24H24N4O3S/c1-16(2)28-23-20(13-25-28)19(12-21(26-23)17-8-5-4-6-9-17)24(30)31-15-22(29)27(3)14-18-10-7-11-32-18/h4-13,16H,14-15H2,1-3H3. The summed E-state index contributed by atoms with van der Waals surface area (Å²) in [6.07, 6.45) is 1.62. The van der Waals surface area contributed by atoms with Crippen LogP contribution >= 0.6 is 11.3 Å². The fourth-order valence-electron chi connectivity index (χ4n) is 3.36. The molecular formula is C24H24N4O3S. The van der Waals surface area contributed by atoms with Crippen molar-refractivity contribution in [1.82, 2.24) is 19.7 Å². The first-order valence-electron chi connectivity index (χ1n) is 10.3. The number of benzene rings is 1. The summed E-state index contributed by atoms with van der Waals surface area (Å²) in [6, 6.07) is 15.3. The summed E-state index contributed by atoms with van der Waals surface area (Å²) in [7, 11) is 1.70. The number of fused-ring (bicyclic) bond motifs is 1. The number of carbonyl (C=O) groups is 2. The molecular weight excluding hydrogens is 424 g/mol. The molecule has 4 aromatic rings. The minimum absolute atomic E-state index is 0.0716. The number of aromatic nitrogens is 3. The Morgan fingerprint density at radius 1 is 1.16 bits per heavy atom. The van der Waals surface area contributed by atoms with Crippen molar-refractivity contribution in [3.05, 3.63) is 70.5 Å². The van der Waals surface area contributed by atoms with Crippen LogP contribution in [0.1, 0.15) is 35.1 Å². The van der Waals surface area contributed by atoms with Crippen LogP contribution in [0.4, 0.5) is 0 Å². The van der Waals surface area contributed by atoms with Gasteiger partial charge in [-0.3, -0.25) is 4.79 Å². The van der Waals surface area contributed by atoms with E-state index in [1.807, 2.05) is 61.7 Å². The summed E-state index contributed by atoms with van der Waals surface area (Å²) < 4.78 is 7.18. The molecule has 32 heavy (non-hydrogen) atoms. The molecule has 1 aromatic carbocycles. The Kier molecular flexibility index (Phi) is 6.32. The number of pyridine rings is 1. The molecule has 0 radical (unpaired) electrons. The van der Waals surface area contributed by atoms with Crippen LogP contribution in [-0.4, -0.2) is 45.2 Å². The van der Waals surface area contributed by atoms with Gasteiger partial charge in [-0.15, -0.1) is 11.3 Å². The highest BCUT2D eigenvalue weighted by Gasteiger charge is 2.21. The highest BCUT2D eigenvalue weighted by molar-refractivity contribution is 7.09. The first-order valence-corrected chi connectivity index (χ1v) is 11.2. The van der Waals surface area contributed by atoms with Gasteiger partial charge in [0.1, 0.15) is 0 Å².